The molecule has 0 fully saturated rings. The number of carbonyl (C=O) groups excluding carboxylic acids is 1. The van der Waals surface area contributed by atoms with Gasteiger partial charge < -0.3 is 14.0 Å². The molecule has 0 saturated heterocycles. The van der Waals surface area contributed by atoms with Crippen LogP contribution in [0.1, 0.15) is 76.8 Å². The zero-order valence-electron chi connectivity index (χ0n) is 22.8. The molecule has 4 heteroatoms. The molecule has 0 N–H and O–H groups in total. The monoisotopic (exact) mass is 482 g/mol. The zero-order chi connectivity index (χ0) is 25.5. The van der Waals surface area contributed by atoms with Gasteiger partial charge in [-0.3, -0.25) is 4.79 Å². The lowest BCUT2D eigenvalue weighted by Gasteiger charge is -2.30. The van der Waals surface area contributed by atoms with E-state index < -0.39 is 0 Å². The molecule has 0 saturated carbocycles. The van der Waals surface area contributed by atoms with Crippen molar-refractivity contribution in [3.63, 3.8) is 0 Å². The highest BCUT2D eigenvalue weighted by molar-refractivity contribution is 5.71. The van der Waals surface area contributed by atoms with E-state index in [0.717, 1.165) is 36.2 Å². The maximum atomic E-state index is 12.6. The van der Waals surface area contributed by atoms with Gasteiger partial charge in [-0.15, -0.1) is 0 Å². The summed E-state index contributed by atoms with van der Waals surface area (Å²) < 4.78 is 12.6. The second-order valence-electron chi connectivity index (χ2n) is 10.7. The number of nitrogens with zero attached hydrogens (tertiary/aromatic N) is 1. The van der Waals surface area contributed by atoms with Gasteiger partial charge in [-0.25, -0.2) is 0 Å². The first kappa shape index (κ1) is 28.9. The Morgan fingerprint density at radius 3 is 2.29 bits per heavy atom. The van der Waals surface area contributed by atoms with Crippen LogP contribution in [0.4, 0.5) is 0 Å². The van der Waals surface area contributed by atoms with Crippen molar-refractivity contribution in [2.75, 3.05) is 27.2 Å². The molecule has 0 heterocycles. The Morgan fingerprint density at radius 2 is 1.54 bits per heavy atom. The molecule has 2 aromatic carbocycles. The molecular formula is C31H48NO3+. The largest absolute Gasteiger partial charge is 0.487 e. The van der Waals surface area contributed by atoms with Crippen LogP contribution in [-0.4, -0.2) is 43.8 Å². The van der Waals surface area contributed by atoms with Crippen LogP contribution in [-0.2, 0) is 22.5 Å². The summed E-state index contributed by atoms with van der Waals surface area (Å²) in [6.45, 7) is 8.33. The molecule has 0 spiro atoms. The third kappa shape index (κ3) is 11.8. The van der Waals surface area contributed by atoms with Gasteiger partial charge in [0, 0.05) is 12.0 Å². The summed E-state index contributed by atoms with van der Waals surface area (Å²) in [4.78, 5) is 12.6. The highest BCUT2D eigenvalue weighted by Gasteiger charge is 2.22. The van der Waals surface area contributed by atoms with Crippen molar-refractivity contribution in [1.82, 2.24) is 0 Å². The van der Waals surface area contributed by atoms with E-state index in [4.69, 9.17) is 9.47 Å². The van der Waals surface area contributed by atoms with Crippen LogP contribution in [0.3, 0.4) is 0 Å². The molecule has 0 aliphatic carbocycles. The minimum absolute atomic E-state index is 0.129. The van der Waals surface area contributed by atoms with E-state index in [1.165, 1.54) is 49.7 Å². The number of carbonyl (C=O) groups is 1. The summed E-state index contributed by atoms with van der Waals surface area (Å²) in [5.41, 5.74) is 2.56. The second kappa shape index (κ2) is 15.6. The predicted molar refractivity (Wildman–Crippen MR) is 145 cm³/mol. The fourth-order valence-electron chi connectivity index (χ4n) is 4.33. The summed E-state index contributed by atoms with van der Waals surface area (Å²) >= 11 is 0. The Kier molecular flexibility index (Phi) is 12.9. The molecule has 2 unspecified atom stereocenters. The Balaban J connectivity index is 1.72. The number of quaternary nitrogens is 1. The Labute approximate surface area is 214 Å². The molecular weight excluding hydrogens is 434 g/mol. The van der Waals surface area contributed by atoms with Gasteiger partial charge in [0.05, 0.1) is 26.6 Å². The number of unbranched alkanes of at least 4 members (excludes halogenated alkanes) is 5. The van der Waals surface area contributed by atoms with E-state index in [-0.39, 0.29) is 24.6 Å². The molecule has 2 atom stereocenters. The van der Waals surface area contributed by atoms with Gasteiger partial charge in [-0.1, -0.05) is 94.5 Å². The molecule has 35 heavy (non-hydrogen) atoms. The fraction of sp³-hybridized carbons (Fsp3) is 0.581. The smallest absolute Gasteiger partial charge is 0.309 e. The van der Waals surface area contributed by atoms with Gasteiger partial charge >= 0.3 is 5.97 Å². The normalized spacial score (nSPS) is 13.3. The Bertz CT molecular complexity index is 849. The predicted octanol–water partition coefficient (Wildman–Crippen LogP) is 7.20. The highest BCUT2D eigenvalue weighted by atomic mass is 16.6. The molecule has 0 aliphatic rings. The standard InChI is InChI=1S/C31H48NO3/c1-6-7-8-9-10-14-19-29-20-15-16-21-30(29)35-27(3)25-34-31(33)26(2)22-23-32(4,5)24-28-17-12-11-13-18-28/h11-13,15-18,20-21,26-27H,6-10,14,19,22-25H2,1-5H3/q+1. The molecule has 0 radical (unpaired) electrons. The van der Waals surface area contributed by atoms with E-state index in [2.05, 4.69) is 57.4 Å². The van der Waals surface area contributed by atoms with Gasteiger partial charge in [0.1, 0.15) is 25.0 Å². The van der Waals surface area contributed by atoms with Crippen molar-refractivity contribution in [3.8, 4) is 5.75 Å². The van der Waals surface area contributed by atoms with Crippen LogP contribution in [0.2, 0.25) is 0 Å². The molecule has 0 aromatic heterocycles. The van der Waals surface area contributed by atoms with E-state index in [1.807, 2.05) is 32.0 Å². The lowest BCUT2D eigenvalue weighted by Crippen LogP contribution is -2.40. The Hall–Kier alpha value is -2.33. The van der Waals surface area contributed by atoms with Crippen molar-refractivity contribution in [1.29, 1.82) is 0 Å². The van der Waals surface area contributed by atoms with E-state index >= 15 is 0 Å². The molecule has 0 bridgehead atoms. The molecule has 2 aromatic rings. The van der Waals surface area contributed by atoms with Gasteiger partial charge in [0.25, 0.3) is 0 Å². The van der Waals surface area contributed by atoms with Crippen LogP contribution in [0, 0.1) is 5.92 Å². The van der Waals surface area contributed by atoms with Crippen molar-refractivity contribution in [2.24, 2.45) is 5.92 Å². The minimum atomic E-state index is -0.179. The number of hydrogen-bond donors (Lipinski definition) is 0. The Morgan fingerprint density at radius 1 is 0.886 bits per heavy atom. The summed E-state index contributed by atoms with van der Waals surface area (Å²) in [5.74, 6) is 0.647. The minimum Gasteiger partial charge on any atom is -0.487 e. The van der Waals surface area contributed by atoms with Gasteiger partial charge in [-0.2, -0.15) is 0 Å². The summed E-state index contributed by atoms with van der Waals surface area (Å²) in [7, 11) is 4.42. The number of para-hydroxylation sites is 1. The van der Waals surface area contributed by atoms with Gasteiger partial charge in [-0.05, 0) is 31.4 Å². The highest BCUT2D eigenvalue weighted by Crippen LogP contribution is 2.22. The molecule has 194 valence electrons. The SMILES string of the molecule is CCCCCCCCc1ccccc1OC(C)COC(=O)C(C)CC[N+](C)(C)Cc1ccccc1. The summed E-state index contributed by atoms with van der Waals surface area (Å²) in [6, 6.07) is 18.8. The number of rotatable bonds is 17. The van der Waals surface area contributed by atoms with Crippen molar-refractivity contribution in [2.45, 2.75) is 84.8 Å². The van der Waals surface area contributed by atoms with Gasteiger partial charge in [0.15, 0.2) is 0 Å². The third-order valence-corrected chi connectivity index (χ3v) is 6.58. The average molecular weight is 483 g/mol. The summed E-state index contributed by atoms with van der Waals surface area (Å²) in [6.07, 6.45) is 9.36. The number of hydrogen-bond acceptors (Lipinski definition) is 3. The quantitative estimate of drug-likeness (QED) is 0.136. The van der Waals surface area contributed by atoms with Crippen molar-refractivity contribution < 1.29 is 18.8 Å². The van der Waals surface area contributed by atoms with Gasteiger partial charge in [0.2, 0.25) is 0 Å². The van der Waals surface area contributed by atoms with Crippen LogP contribution in [0.5, 0.6) is 5.75 Å². The maximum absolute atomic E-state index is 12.6. The zero-order valence-corrected chi connectivity index (χ0v) is 22.8. The van der Waals surface area contributed by atoms with Crippen LogP contribution < -0.4 is 4.74 Å². The topological polar surface area (TPSA) is 35.5 Å². The first-order chi connectivity index (χ1) is 16.8. The summed E-state index contributed by atoms with van der Waals surface area (Å²) in [5, 5.41) is 0. The van der Waals surface area contributed by atoms with Crippen molar-refractivity contribution in [3.05, 3.63) is 65.7 Å². The molecule has 2 rings (SSSR count). The second-order valence-corrected chi connectivity index (χ2v) is 10.7. The molecule has 0 amide bonds. The third-order valence-electron chi connectivity index (χ3n) is 6.58. The lowest BCUT2D eigenvalue weighted by atomic mass is 10.0. The van der Waals surface area contributed by atoms with Crippen LogP contribution in [0.25, 0.3) is 0 Å². The fourth-order valence-corrected chi connectivity index (χ4v) is 4.33. The molecule has 0 aliphatic heterocycles. The first-order valence-electron chi connectivity index (χ1n) is 13.6. The van der Waals surface area contributed by atoms with Crippen LogP contribution in [0.15, 0.2) is 54.6 Å². The number of esters is 1. The van der Waals surface area contributed by atoms with Crippen molar-refractivity contribution >= 4 is 5.97 Å². The number of benzene rings is 2. The number of aryl methyl sites for hydroxylation is 1. The number of ether oxygens (including phenoxy) is 2. The van der Waals surface area contributed by atoms with E-state index in [0.29, 0.717) is 0 Å². The maximum Gasteiger partial charge on any atom is 0.309 e. The first-order valence-corrected chi connectivity index (χ1v) is 13.6. The van der Waals surface area contributed by atoms with E-state index in [9.17, 15) is 4.79 Å². The average Bonchev–Trinajstić information content (AvgIpc) is 2.84. The lowest BCUT2D eigenvalue weighted by molar-refractivity contribution is -0.904. The van der Waals surface area contributed by atoms with Crippen LogP contribution >= 0.6 is 0 Å². The molecule has 4 nitrogen and oxygen atoms in total. The van der Waals surface area contributed by atoms with E-state index in [1.54, 1.807) is 0 Å².